The minimum Gasteiger partial charge on any atom is -0.444 e. The van der Waals surface area contributed by atoms with Crippen LogP contribution >= 0.6 is 0 Å². The lowest BCUT2D eigenvalue weighted by Gasteiger charge is -2.31. The topological polar surface area (TPSA) is 76.5 Å². The van der Waals surface area contributed by atoms with Gasteiger partial charge >= 0.3 is 6.09 Å². The summed E-state index contributed by atoms with van der Waals surface area (Å²) in [5.41, 5.74) is 1.77. The monoisotopic (exact) mass is 376 g/mol. The maximum atomic E-state index is 12.9. The van der Waals surface area contributed by atoms with Crippen LogP contribution in [-0.2, 0) is 24.8 Å². The molecule has 0 aromatic carbocycles. The Morgan fingerprint density at radius 3 is 2.59 bits per heavy atom. The van der Waals surface area contributed by atoms with E-state index in [1.807, 2.05) is 27.8 Å². The molecule has 1 fully saturated rings. The van der Waals surface area contributed by atoms with Crippen LogP contribution in [0.25, 0.3) is 0 Å². The quantitative estimate of drug-likeness (QED) is 0.861. The summed E-state index contributed by atoms with van der Waals surface area (Å²) >= 11 is 0. The second-order valence-corrected chi connectivity index (χ2v) is 8.89. The Hall–Kier alpha value is -2.05. The molecule has 2 atom stereocenters. The van der Waals surface area contributed by atoms with Crippen molar-refractivity contribution in [3.63, 3.8) is 0 Å². The number of aryl methyl sites for hydroxylation is 1. The Morgan fingerprint density at radius 2 is 1.93 bits per heavy atom. The van der Waals surface area contributed by atoms with Crippen LogP contribution in [0.3, 0.4) is 0 Å². The molecule has 0 radical (unpaired) electrons. The van der Waals surface area contributed by atoms with E-state index in [0.717, 1.165) is 30.5 Å². The van der Waals surface area contributed by atoms with Crippen molar-refractivity contribution in [2.45, 2.75) is 78.0 Å². The van der Waals surface area contributed by atoms with Gasteiger partial charge in [0.05, 0.1) is 6.54 Å². The molecule has 0 bridgehead atoms. The standard InChI is InChI=1S/C20H32N4O3/c1-13-8-6-7-9-15(13)21-18(25)17-14-12-24(19(26)27-20(2,3)4)11-10-16(14)23(5)22-17/h13,15H,6-12H2,1-5H3,(H,21,25). The lowest BCUT2D eigenvalue weighted by atomic mass is 9.86. The number of hydrogen-bond acceptors (Lipinski definition) is 4. The zero-order valence-electron chi connectivity index (χ0n) is 17.2. The predicted octanol–water partition coefficient (Wildman–Crippen LogP) is 3.02. The Bertz CT molecular complexity index is 720. The van der Waals surface area contributed by atoms with Crippen LogP contribution in [0.2, 0.25) is 0 Å². The number of hydrogen-bond donors (Lipinski definition) is 1. The van der Waals surface area contributed by atoms with E-state index in [1.54, 1.807) is 9.58 Å². The third-order valence-electron chi connectivity index (χ3n) is 5.54. The Kier molecular flexibility index (Phi) is 5.49. The first kappa shape index (κ1) is 19.7. The van der Waals surface area contributed by atoms with Crippen molar-refractivity contribution in [3.8, 4) is 0 Å². The van der Waals surface area contributed by atoms with Gasteiger partial charge in [-0.2, -0.15) is 5.10 Å². The number of carbonyl (C=O) groups is 2. The highest BCUT2D eigenvalue weighted by atomic mass is 16.6. The normalized spacial score (nSPS) is 22.9. The Labute approximate surface area is 161 Å². The highest BCUT2D eigenvalue weighted by Crippen LogP contribution is 2.26. The molecule has 1 aromatic heterocycles. The van der Waals surface area contributed by atoms with Crippen LogP contribution in [0.4, 0.5) is 4.79 Å². The summed E-state index contributed by atoms with van der Waals surface area (Å²) in [7, 11) is 1.86. The van der Waals surface area contributed by atoms with Gasteiger partial charge < -0.3 is 15.0 Å². The molecule has 7 nitrogen and oxygen atoms in total. The minimum absolute atomic E-state index is 0.128. The fourth-order valence-corrected chi connectivity index (χ4v) is 4.02. The fraction of sp³-hybridized carbons (Fsp3) is 0.750. The summed E-state index contributed by atoms with van der Waals surface area (Å²) in [4.78, 5) is 27.0. The average molecular weight is 377 g/mol. The minimum atomic E-state index is -0.538. The van der Waals surface area contributed by atoms with Gasteiger partial charge in [-0.05, 0) is 39.5 Å². The zero-order valence-corrected chi connectivity index (χ0v) is 17.2. The second-order valence-electron chi connectivity index (χ2n) is 8.89. The van der Waals surface area contributed by atoms with Crippen molar-refractivity contribution in [3.05, 3.63) is 17.0 Å². The number of aromatic nitrogens is 2. The van der Waals surface area contributed by atoms with E-state index < -0.39 is 5.60 Å². The van der Waals surface area contributed by atoms with Crippen LogP contribution in [0.1, 0.15) is 75.1 Å². The maximum Gasteiger partial charge on any atom is 0.410 e. The second kappa shape index (κ2) is 7.52. The molecule has 2 unspecified atom stereocenters. The average Bonchev–Trinajstić information content (AvgIpc) is 2.92. The van der Waals surface area contributed by atoms with Gasteiger partial charge in [0, 0.05) is 37.3 Å². The molecule has 3 rings (SSSR count). The van der Waals surface area contributed by atoms with E-state index >= 15 is 0 Å². The number of nitrogens with one attached hydrogen (secondary N) is 1. The highest BCUT2D eigenvalue weighted by molar-refractivity contribution is 5.94. The lowest BCUT2D eigenvalue weighted by molar-refractivity contribution is 0.0221. The molecule has 27 heavy (non-hydrogen) atoms. The van der Waals surface area contributed by atoms with Gasteiger partial charge in [-0.15, -0.1) is 0 Å². The Balaban J connectivity index is 1.75. The van der Waals surface area contributed by atoms with Gasteiger partial charge in [0.2, 0.25) is 0 Å². The van der Waals surface area contributed by atoms with Crippen molar-refractivity contribution in [1.82, 2.24) is 20.0 Å². The number of ether oxygens (including phenoxy) is 1. The van der Waals surface area contributed by atoms with Gasteiger partial charge in [-0.25, -0.2) is 4.79 Å². The number of fused-ring (bicyclic) bond motifs is 1. The first-order chi connectivity index (χ1) is 12.7. The first-order valence-corrected chi connectivity index (χ1v) is 9.99. The van der Waals surface area contributed by atoms with E-state index in [2.05, 4.69) is 17.3 Å². The van der Waals surface area contributed by atoms with Crippen LogP contribution in [0, 0.1) is 5.92 Å². The predicted molar refractivity (Wildman–Crippen MR) is 102 cm³/mol. The van der Waals surface area contributed by atoms with Crippen molar-refractivity contribution in [2.24, 2.45) is 13.0 Å². The largest absolute Gasteiger partial charge is 0.444 e. The summed E-state index contributed by atoms with van der Waals surface area (Å²) < 4.78 is 7.27. The molecule has 2 aliphatic rings. The van der Waals surface area contributed by atoms with E-state index in [-0.39, 0.29) is 18.0 Å². The molecule has 1 aliphatic carbocycles. The molecule has 1 saturated carbocycles. The summed E-state index contributed by atoms with van der Waals surface area (Å²) in [5.74, 6) is 0.358. The molecule has 0 spiro atoms. The van der Waals surface area contributed by atoms with Crippen LogP contribution < -0.4 is 5.32 Å². The van der Waals surface area contributed by atoms with Crippen molar-refractivity contribution >= 4 is 12.0 Å². The van der Waals surface area contributed by atoms with E-state index in [9.17, 15) is 9.59 Å². The number of nitrogens with zero attached hydrogens (tertiary/aromatic N) is 3. The number of carbonyl (C=O) groups excluding carboxylic acids is 2. The summed E-state index contributed by atoms with van der Waals surface area (Å²) in [6.45, 7) is 8.70. The van der Waals surface area contributed by atoms with Crippen LogP contribution in [-0.4, -0.2) is 44.9 Å². The molecular formula is C20H32N4O3. The van der Waals surface area contributed by atoms with E-state index in [0.29, 0.717) is 31.1 Å². The van der Waals surface area contributed by atoms with E-state index in [4.69, 9.17) is 4.74 Å². The molecule has 7 heteroatoms. The van der Waals surface area contributed by atoms with Gasteiger partial charge in [0.1, 0.15) is 5.60 Å². The molecular weight excluding hydrogens is 344 g/mol. The molecule has 1 aromatic rings. The van der Waals surface area contributed by atoms with Gasteiger partial charge in [-0.1, -0.05) is 19.8 Å². The lowest BCUT2D eigenvalue weighted by Crippen LogP contribution is -2.43. The molecule has 0 saturated heterocycles. The summed E-state index contributed by atoms with van der Waals surface area (Å²) in [6.07, 6.45) is 4.89. The van der Waals surface area contributed by atoms with Crippen molar-refractivity contribution < 1.29 is 14.3 Å². The highest BCUT2D eigenvalue weighted by Gasteiger charge is 2.32. The molecule has 2 heterocycles. The number of rotatable bonds is 2. The van der Waals surface area contributed by atoms with Crippen molar-refractivity contribution in [2.75, 3.05) is 6.54 Å². The van der Waals surface area contributed by atoms with E-state index in [1.165, 1.54) is 6.42 Å². The molecule has 1 N–H and O–H groups in total. The van der Waals surface area contributed by atoms with Gasteiger partial charge in [0.25, 0.3) is 5.91 Å². The third-order valence-corrected chi connectivity index (χ3v) is 5.54. The summed E-state index contributed by atoms with van der Waals surface area (Å²) in [5, 5.41) is 7.66. The third kappa shape index (κ3) is 4.45. The SMILES string of the molecule is CC1CCCCC1NC(=O)c1nn(C)c2c1CN(C(=O)OC(C)(C)C)CC2. The molecule has 2 amide bonds. The molecule has 1 aliphatic heterocycles. The molecule has 150 valence electrons. The Morgan fingerprint density at radius 1 is 1.22 bits per heavy atom. The fourth-order valence-electron chi connectivity index (χ4n) is 4.02. The smallest absolute Gasteiger partial charge is 0.410 e. The van der Waals surface area contributed by atoms with Gasteiger partial charge in [-0.3, -0.25) is 9.48 Å². The first-order valence-electron chi connectivity index (χ1n) is 9.99. The van der Waals surface area contributed by atoms with Crippen molar-refractivity contribution in [1.29, 1.82) is 0 Å². The van der Waals surface area contributed by atoms with Crippen LogP contribution in [0.15, 0.2) is 0 Å². The maximum absolute atomic E-state index is 12.9. The summed E-state index contributed by atoms with van der Waals surface area (Å²) in [6, 6.07) is 0.203. The number of amides is 2. The van der Waals surface area contributed by atoms with Crippen LogP contribution in [0.5, 0.6) is 0 Å². The van der Waals surface area contributed by atoms with Gasteiger partial charge in [0.15, 0.2) is 5.69 Å². The zero-order chi connectivity index (χ0) is 19.8.